The Morgan fingerprint density at radius 3 is 3.11 bits per heavy atom. The van der Waals surface area contributed by atoms with Gasteiger partial charge in [-0.15, -0.1) is 21.5 Å². The molecule has 7 nitrogen and oxygen atoms in total. The number of carbonyl (C=O) groups excluding carboxylic acids is 1. The minimum atomic E-state index is -0.309. The molecular formula is C11H15N5O2S. The summed E-state index contributed by atoms with van der Waals surface area (Å²) in [4.78, 5) is 18.7. The van der Waals surface area contributed by atoms with Crippen molar-refractivity contribution in [2.75, 3.05) is 6.61 Å². The van der Waals surface area contributed by atoms with Gasteiger partial charge in [-0.1, -0.05) is 19.9 Å². The number of hydrogen-bond donors (Lipinski definition) is 1. The van der Waals surface area contributed by atoms with Gasteiger partial charge in [0.15, 0.2) is 0 Å². The largest absolute Gasteiger partial charge is 0.273 e. The van der Waals surface area contributed by atoms with E-state index in [4.69, 9.17) is 4.84 Å². The van der Waals surface area contributed by atoms with Gasteiger partial charge < -0.3 is 0 Å². The second-order valence-electron chi connectivity index (χ2n) is 4.35. The number of nitrogens with one attached hydrogen (secondary N) is 1. The van der Waals surface area contributed by atoms with Crippen LogP contribution >= 0.6 is 11.3 Å². The molecule has 2 rings (SSSR count). The Bertz CT molecular complexity index is 523. The third-order valence-corrected chi connectivity index (χ3v) is 2.95. The molecule has 19 heavy (non-hydrogen) atoms. The summed E-state index contributed by atoms with van der Waals surface area (Å²) in [6, 6.07) is 3.81. The van der Waals surface area contributed by atoms with Gasteiger partial charge >= 0.3 is 0 Å². The maximum Gasteiger partial charge on any atom is 0.267 e. The lowest BCUT2D eigenvalue weighted by Gasteiger charge is -2.06. The molecule has 102 valence electrons. The summed E-state index contributed by atoms with van der Waals surface area (Å²) >= 11 is 1.52. The van der Waals surface area contributed by atoms with Crippen molar-refractivity contribution < 1.29 is 9.63 Å². The van der Waals surface area contributed by atoms with E-state index in [0.29, 0.717) is 18.3 Å². The molecule has 0 unspecified atom stereocenters. The SMILES string of the molecule is CC(C)CONC(=O)Cn1nnc(-c2cccs2)n1. The molecule has 0 spiro atoms. The predicted molar refractivity (Wildman–Crippen MR) is 70.1 cm³/mol. The van der Waals surface area contributed by atoms with Crippen molar-refractivity contribution in [2.24, 2.45) is 5.92 Å². The summed E-state index contributed by atoms with van der Waals surface area (Å²) in [6.07, 6.45) is 0. The van der Waals surface area contributed by atoms with Crippen LogP contribution in [0.25, 0.3) is 10.7 Å². The fraction of sp³-hybridized carbons (Fsp3) is 0.455. The Hall–Kier alpha value is -1.80. The van der Waals surface area contributed by atoms with Crippen LogP contribution in [-0.2, 0) is 16.2 Å². The lowest BCUT2D eigenvalue weighted by molar-refractivity contribution is -0.135. The summed E-state index contributed by atoms with van der Waals surface area (Å²) in [7, 11) is 0. The Labute approximate surface area is 114 Å². The van der Waals surface area contributed by atoms with Gasteiger partial charge in [0.05, 0.1) is 11.5 Å². The summed E-state index contributed by atoms with van der Waals surface area (Å²) in [6.45, 7) is 4.45. The normalized spacial score (nSPS) is 10.9. The van der Waals surface area contributed by atoms with Gasteiger partial charge in [-0.2, -0.15) is 4.80 Å². The summed E-state index contributed by atoms with van der Waals surface area (Å²) in [5.41, 5.74) is 2.34. The molecule has 0 aliphatic carbocycles. The van der Waals surface area contributed by atoms with Gasteiger partial charge in [0.2, 0.25) is 5.82 Å². The van der Waals surface area contributed by atoms with E-state index in [1.165, 1.54) is 16.1 Å². The lowest BCUT2D eigenvalue weighted by atomic mass is 10.2. The standard InChI is InChI=1S/C11H15N5O2S/c1-8(2)7-18-14-10(17)6-16-13-11(12-15-16)9-4-3-5-19-9/h3-5,8H,6-7H2,1-2H3,(H,14,17). The molecule has 2 heterocycles. The molecule has 1 amide bonds. The van der Waals surface area contributed by atoms with Gasteiger partial charge in [0.1, 0.15) is 6.54 Å². The highest BCUT2D eigenvalue weighted by molar-refractivity contribution is 7.13. The number of aromatic nitrogens is 4. The predicted octanol–water partition coefficient (Wildman–Crippen LogP) is 1.11. The smallest absolute Gasteiger partial charge is 0.267 e. The van der Waals surface area contributed by atoms with Gasteiger partial charge in [0, 0.05) is 0 Å². The molecule has 0 bridgehead atoms. The Balaban J connectivity index is 1.84. The molecule has 0 fully saturated rings. The van der Waals surface area contributed by atoms with Crippen molar-refractivity contribution in [1.82, 2.24) is 25.7 Å². The van der Waals surface area contributed by atoms with Crippen molar-refractivity contribution in [1.29, 1.82) is 0 Å². The molecule has 8 heteroatoms. The second-order valence-corrected chi connectivity index (χ2v) is 5.30. The second kappa shape index (κ2) is 6.39. The number of hydrogen-bond acceptors (Lipinski definition) is 6. The van der Waals surface area contributed by atoms with E-state index < -0.39 is 0 Å². The number of amides is 1. The maximum atomic E-state index is 11.5. The van der Waals surface area contributed by atoms with Crippen LogP contribution in [0.3, 0.4) is 0 Å². The average Bonchev–Trinajstić information content (AvgIpc) is 2.97. The highest BCUT2D eigenvalue weighted by Crippen LogP contribution is 2.19. The fourth-order valence-electron chi connectivity index (χ4n) is 1.26. The Kier molecular flexibility index (Phi) is 4.58. The number of hydroxylamine groups is 1. The van der Waals surface area contributed by atoms with Crippen LogP contribution in [0.4, 0.5) is 0 Å². The monoisotopic (exact) mass is 281 g/mol. The van der Waals surface area contributed by atoms with E-state index >= 15 is 0 Å². The van der Waals surface area contributed by atoms with Crippen molar-refractivity contribution in [3.8, 4) is 10.7 Å². The zero-order chi connectivity index (χ0) is 13.7. The van der Waals surface area contributed by atoms with E-state index in [1.807, 2.05) is 31.4 Å². The molecule has 0 aliphatic rings. The minimum absolute atomic E-state index is 0.0174. The van der Waals surface area contributed by atoms with Crippen LogP contribution in [0.5, 0.6) is 0 Å². The molecule has 2 aromatic rings. The molecule has 0 saturated heterocycles. The van der Waals surface area contributed by atoms with Gasteiger partial charge in [-0.05, 0) is 22.6 Å². The molecule has 0 radical (unpaired) electrons. The van der Waals surface area contributed by atoms with Crippen LogP contribution in [0.15, 0.2) is 17.5 Å². The lowest BCUT2D eigenvalue weighted by Crippen LogP contribution is -2.29. The number of rotatable bonds is 6. The van der Waals surface area contributed by atoms with Crippen LogP contribution in [0.1, 0.15) is 13.8 Å². The van der Waals surface area contributed by atoms with Crippen LogP contribution < -0.4 is 5.48 Å². The van der Waals surface area contributed by atoms with Crippen molar-refractivity contribution in [3.63, 3.8) is 0 Å². The van der Waals surface area contributed by atoms with E-state index in [0.717, 1.165) is 4.88 Å². The fourth-order valence-corrected chi connectivity index (χ4v) is 1.91. The van der Waals surface area contributed by atoms with Gasteiger partial charge in [-0.25, -0.2) is 5.48 Å². The molecule has 0 aromatic carbocycles. The zero-order valence-electron chi connectivity index (χ0n) is 10.7. The first-order valence-electron chi connectivity index (χ1n) is 5.87. The highest BCUT2D eigenvalue weighted by Gasteiger charge is 2.09. The third-order valence-electron chi connectivity index (χ3n) is 2.08. The number of tetrazole rings is 1. The first-order valence-corrected chi connectivity index (χ1v) is 6.75. The van der Waals surface area contributed by atoms with Crippen molar-refractivity contribution >= 4 is 17.2 Å². The van der Waals surface area contributed by atoms with E-state index in [-0.39, 0.29) is 12.5 Å². The van der Waals surface area contributed by atoms with Crippen LogP contribution in [0, 0.1) is 5.92 Å². The Morgan fingerprint density at radius 1 is 1.58 bits per heavy atom. The topological polar surface area (TPSA) is 81.9 Å². The van der Waals surface area contributed by atoms with Crippen LogP contribution in [-0.4, -0.2) is 32.7 Å². The van der Waals surface area contributed by atoms with E-state index in [1.54, 1.807) is 0 Å². The third kappa shape index (κ3) is 4.11. The molecule has 2 aromatic heterocycles. The summed E-state index contributed by atoms with van der Waals surface area (Å²) in [5.74, 6) is 0.567. The zero-order valence-corrected chi connectivity index (χ0v) is 11.6. The maximum absolute atomic E-state index is 11.5. The molecular weight excluding hydrogens is 266 g/mol. The number of nitrogens with zero attached hydrogens (tertiary/aromatic N) is 4. The number of thiophene rings is 1. The first-order chi connectivity index (χ1) is 9.15. The summed E-state index contributed by atoms with van der Waals surface area (Å²) < 4.78 is 0. The van der Waals surface area contributed by atoms with Crippen LogP contribution in [0.2, 0.25) is 0 Å². The minimum Gasteiger partial charge on any atom is -0.273 e. The van der Waals surface area contributed by atoms with Crippen molar-refractivity contribution in [3.05, 3.63) is 17.5 Å². The van der Waals surface area contributed by atoms with Crippen molar-refractivity contribution in [2.45, 2.75) is 20.4 Å². The molecule has 0 saturated carbocycles. The highest BCUT2D eigenvalue weighted by atomic mass is 32.1. The Morgan fingerprint density at radius 2 is 2.42 bits per heavy atom. The number of carbonyl (C=O) groups is 1. The van der Waals surface area contributed by atoms with Gasteiger partial charge in [0.25, 0.3) is 5.91 Å². The van der Waals surface area contributed by atoms with Gasteiger partial charge in [-0.3, -0.25) is 9.63 Å². The summed E-state index contributed by atoms with van der Waals surface area (Å²) in [5, 5.41) is 13.8. The van der Waals surface area contributed by atoms with E-state index in [9.17, 15) is 4.79 Å². The molecule has 0 atom stereocenters. The molecule has 1 N–H and O–H groups in total. The average molecular weight is 281 g/mol. The first kappa shape index (κ1) is 13.6. The quantitative estimate of drug-likeness (QED) is 0.802. The van der Waals surface area contributed by atoms with E-state index in [2.05, 4.69) is 20.9 Å². The molecule has 0 aliphatic heterocycles.